The fourth-order valence-electron chi connectivity index (χ4n) is 3.26. The molecule has 3 rings (SSSR count). The van der Waals surface area contributed by atoms with Crippen LogP contribution in [0.15, 0.2) is 24.3 Å². The maximum Gasteiger partial charge on any atom is 0.322 e. The zero-order chi connectivity index (χ0) is 18.8. The predicted molar refractivity (Wildman–Crippen MR) is 97.2 cm³/mol. The van der Waals surface area contributed by atoms with Gasteiger partial charge in [-0.3, -0.25) is 24.5 Å². The van der Waals surface area contributed by atoms with Crippen LogP contribution in [-0.4, -0.2) is 56.6 Å². The Morgan fingerprint density at radius 1 is 1.31 bits per heavy atom. The first-order valence-electron chi connectivity index (χ1n) is 8.31. The van der Waals surface area contributed by atoms with Crippen LogP contribution in [0, 0.1) is 17.0 Å². The van der Waals surface area contributed by atoms with E-state index in [-0.39, 0.29) is 23.0 Å². The molecule has 138 valence electrons. The molecule has 1 saturated heterocycles. The molecule has 2 aromatic rings. The van der Waals surface area contributed by atoms with E-state index < -0.39 is 4.92 Å². The fraction of sp³-hybridized carbons (Fsp3) is 0.412. The Labute approximate surface area is 156 Å². The summed E-state index contributed by atoms with van der Waals surface area (Å²) in [5.74, 6) is -0.345. The molecule has 1 aliphatic rings. The first-order chi connectivity index (χ1) is 12.4. The molecular formula is C17H20ClN5O3. The quantitative estimate of drug-likeness (QED) is 0.602. The van der Waals surface area contributed by atoms with Gasteiger partial charge in [0.2, 0.25) is 5.69 Å². The van der Waals surface area contributed by atoms with Crippen molar-refractivity contribution in [2.24, 2.45) is 7.05 Å². The fourth-order valence-corrected chi connectivity index (χ4v) is 3.47. The number of piperazine rings is 1. The maximum absolute atomic E-state index is 12.8. The normalized spacial score (nSPS) is 15.3. The minimum absolute atomic E-state index is 0.0378. The molecule has 26 heavy (non-hydrogen) atoms. The lowest BCUT2D eigenvalue weighted by Gasteiger charge is -2.34. The van der Waals surface area contributed by atoms with Crippen LogP contribution in [0.5, 0.6) is 0 Å². The number of nitro groups is 1. The van der Waals surface area contributed by atoms with Crippen LogP contribution in [0.4, 0.5) is 5.69 Å². The van der Waals surface area contributed by atoms with Crippen LogP contribution in [-0.2, 0) is 13.6 Å². The minimum atomic E-state index is -0.537. The van der Waals surface area contributed by atoms with E-state index in [4.69, 9.17) is 11.6 Å². The van der Waals surface area contributed by atoms with Crippen LogP contribution in [0.1, 0.15) is 21.7 Å². The number of carbonyl (C=O) groups is 1. The largest absolute Gasteiger partial charge is 0.335 e. The Bertz CT molecular complexity index is 843. The molecule has 0 radical (unpaired) electrons. The molecule has 1 fully saturated rings. The lowest BCUT2D eigenvalue weighted by molar-refractivity contribution is -0.385. The minimum Gasteiger partial charge on any atom is -0.335 e. The monoisotopic (exact) mass is 377 g/mol. The average Bonchev–Trinajstić information content (AvgIpc) is 2.89. The highest BCUT2D eigenvalue weighted by Gasteiger charge is 2.33. The number of aryl methyl sites for hydroxylation is 2. The third kappa shape index (κ3) is 3.71. The molecule has 0 N–H and O–H groups in total. The zero-order valence-corrected chi connectivity index (χ0v) is 15.4. The van der Waals surface area contributed by atoms with Crippen LogP contribution >= 0.6 is 11.6 Å². The van der Waals surface area contributed by atoms with E-state index >= 15 is 0 Å². The SMILES string of the molecule is Cc1nn(C)c(C(=O)N2CCN(Cc3cccc(Cl)c3)CC2)c1[N+](=O)[O-]. The van der Waals surface area contributed by atoms with E-state index in [2.05, 4.69) is 10.00 Å². The standard InChI is InChI=1S/C17H20ClN5O3/c1-12-15(23(25)26)16(20(2)19-12)17(24)22-8-6-21(7-9-22)11-13-4-3-5-14(18)10-13/h3-5,10H,6-9,11H2,1-2H3. The predicted octanol–water partition coefficient (Wildman–Crippen LogP) is 2.25. The summed E-state index contributed by atoms with van der Waals surface area (Å²) in [5, 5.41) is 16.0. The molecule has 1 aromatic heterocycles. The van der Waals surface area contributed by atoms with Crippen molar-refractivity contribution in [3.8, 4) is 0 Å². The highest BCUT2D eigenvalue weighted by Crippen LogP contribution is 2.24. The van der Waals surface area contributed by atoms with Gasteiger partial charge in [-0.25, -0.2) is 0 Å². The molecule has 1 aliphatic heterocycles. The number of rotatable bonds is 4. The van der Waals surface area contributed by atoms with E-state index in [1.165, 1.54) is 11.6 Å². The molecule has 0 unspecified atom stereocenters. The molecule has 9 heteroatoms. The highest BCUT2D eigenvalue weighted by molar-refractivity contribution is 6.30. The smallest absolute Gasteiger partial charge is 0.322 e. The number of benzene rings is 1. The lowest BCUT2D eigenvalue weighted by Crippen LogP contribution is -2.48. The maximum atomic E-state index is 12.8. The summed E-state index contributed by atoms with van der Waals surface area (Å²) < 4.78 is 1.30. The van der Waals surface area contributed by atoms with Gasteiger partial charge in [0.15, 0.2) is 0 Å². The third-order valence-corrected chi connectivity index (χ3v) is 4.77. The van der Waals surface area contributed by atoms with Gasteiger partial charge in [-0.1, -0.05) is 23.7 Å². The summed E-state index contributed by atoms with van der Waals surface area (Å²) in [6, 6.07) is 7.71. The van der Waals surface area contributed by atoms with E-state index in [9.17, 15) is 14.9 Å². The van der Waals surface area contributed by atoms with Crippen molar-refractivity contribution in [3.63, 3.8) is 0 Å². The third-order valence-electron chi connectivity index (χ3n) is 4.53. The van der Waals surface area contributed by atoms with E-state index in [1.54, 1.807) is 11.9 Å². The Balaban J connectivity index is 1.67. The van der Waals surface area contributed by atoms with Crippen LogP contribution in [0.3, 0.4) is 0 Å². The van der Waals surface area contributed by atoms with Crippen molar-refractivity contribution in [2.45, 2.75) is 13.5 Å². The molecule has 0 saturated carbocycles. The molecular weight excluding hydrogens is 358 g/mol. The summed E-state index contributed by atoms with van der Waals surface area (Å²) in [4.78, 5) is 27.4. The summed E-state index contributed by atoms with van der Waals surface area (Å²) in [7, 11) is 1.56. The summed E-state index contributed by atoms with van der Waals surface area (Å²) in [6.45, 7) is 4.72. The van der Waals surface area contributed by atoms with E-state index in [0.29, 0.717) is 31.2 Å². The number of nitrogens with zero attached hydrogens (tertiary/aromatic N) is 5. The molecule has 0 atom stereocenters. The van der Waals surface area contributed by atoms with Gasteiger partial charge >= 0.3 is 5.69 Å². The van der Waals surface area contributed by atoms with Gasteiger partial charge in [-0.05, 0) is 24.6 Å². The molecule has 2 heterocycles. The van der Waals surface area contributed by atoms with Crippen LogP contribution in [0.25, 0.3) is 0 Å². The number of hydrogen-bond acceptors (Lipinski definition) is 5. The first kappa shape index (κ1) is 18.3. The number of aromatic nitrogens is 2. The van der Waals surface area contributed by atoms with Crippen molar-refractivity contribution in [3.05, 3.63) is 56.4 Å². The summed E-state index contributed by atoms with van der Waals surface area (Å²) in [5.41, 5.74) is 1.20. The number of amides is 1. The van der Waals surface area contributed by atoms with Gasteiger partial charge in [0.05, 0.1) is 4.92 Å². The topological polar surface area (TPSA) is 84.5 Å². The second-order valence-electron chi connectivity index (χ2n) is 6.36. The molecule has 0 aliphatic carbocycles. The number of halogens is 1. The summed E-state index contributed by atoms with van der Waals surface area (Å²) in [6.07, 6.45) is 0. The van der Waals surface area contributed by atoms with E-state index in [1.807, 2.05) is 24.3 Å². The Hall–Kier alpha value is -2.45. The first-order valence-corrected chi connectivity index (χ1v) is 8.68. The van der Waals surface area contributed by atoms with Gasteiger partial charge in [-0.15, -0.1) is 0 Å². The lowest BCUT2D eigenvalue weighted by atomic mass is 10.2. The van der Waals surface area contributed by atoms with Gasteiger partial charge in [0.25, 0.3) is 5.91 Å². The van der Waals surface area contributed by atoms with Crippen LogP contribution in [0.2, 0.25) is 5.02 Å². The Kier molecular flexibility index (Phi) is 5.24. The Morgan fingerprint density at radius 3 is 2.62 bits per heavy atom. The molecule has 0 bridgehead atoms. The number of hydrogen-bond donors (Lipinski definition) is 0. The van der Waals surface area contributed by atoms with Gasteiger partial charge in [-0.2, -0.15) is 5.10 Å². The molecule has 8 nitrogen and oxygen atoms in total. The van der Waals surface area contributed by atoms with Crippen molar-refractivity contribution >= 4 is 23.2 Å². The second kappa shape index (κ2) is 7.43. The average molecular weight is 378 g/mol. The van der Waals surface area contributed by atoms with Crippen molar-refractivity contribution in [1.29, 1.82) is 0 Å². The van der Waals surface area contributed by atoms with Gasteiger partial charge in [0.1, 0.15) is 5.69 Å². The zero-order valence-electron chi connectivity index (χ0n) is 14.7. The van der Waals surface area contributed by atoms with Crippen molar-refractivity contribution in [2.75, 3.05) is 26.2 Å². The highest BCUT2D eigenvalue weighted by atomic mass is 35.5. The molecule has 1 amide bonds. The van der Waals surface area contributed by atoms with Crippen molar-refractivity contribution in [1.82, 2.24) is 19.6 Å². The Morgan fingerprint density at radius 2 is 2.00 bits per heavy atom. The van der Waals surface area contributed by atoms with E-state index in [0.717, 1.165) is 12.1 Å². The number of carbonyl (C=O) groups excluding carboxylic acids is 1. The molecule has 1 aromatic carbocycles. The molecule has 0 spiro atoms. The van der Waals surface area contributed by atoms with Crippen LogP contribution < -0.4 is 0 Å². The van der Waals surface area contributed by atoms with Crippen molar-refractivity contribution < 1.29 is 9.72 Å². The van der Waals surface area contributed by atoms with Gasteiger partial charge in [0, 0.05) is 44.8 Å². The van der Waals surface area contributed by atoms with Gasteiger partial charge < -0.3 is 4.90 Å². The summed E-state index contributed by atoms with van der Waals surface area (Å²) >= 11 is 6.02. The second-order valence-corrected chi connectivity index (χ2v) is 6.80.